The van der Waals surface area contributed by atoms with Crippen molar-refractivity contribution in [3.05, 3.63) is 30.1 Å². The number of nitrogens with zero attached hydrogens (tertiary/aromatic N) is 1. The molecule has 1 N–H and O–H groups in total. The minimum atomic E-state index is 0.490. The van der Waals surface area contributed by atoms with Gasteiger partial charge in [0.15, 0.2) is 0 Å². The molecule has 0 aromatic carbocycles. The molecule has 1 heterocycles. The molecule has 0 aliphatic rings. The van der Waals surface area contributed by atoms with E-state index in [9.17, 15) is 0 Å². The SMILES string of the molecule is CCCNC(CCOC)Cc1cccnc1. The minimum Gasteiger partial charge on any atom is -0.385 e. The first kappa shape index (κ1) is 13.1. The molecule has 0 aliphatic heterocycles. The Morgan fingerprint density at radius 2 is 2.38 bits per heavy atom. The van der Waals surface area contributed by atoms with Crippen molar-refractivity contribution in [2.45, 2.75) is 32.2 Å². The van der Waals surface area contributed by atoms with Crippen LogP contribution in [-0.2, 0) is 11.2 Å². The van der Waals surface area contributed by atoms with E-state index < -0.39 is 0 Å². The molecule has 0 saturated heterocycles. The van der Waals surface area contributed by atoms with E-state index in [4.69, 9.17) is 4.74 Å². The first-order valence-electron chi connectivity index (χ1n) is 5.98. The maximum atomic E-state index is 5.13. The Labute approximate surface area is 98.2 Å². The average Bonchev–Trinajstić information content (AvgIpc) is 2.34. The fourth-order valence-corrected chi connectivity index (χ4v) is 1.69. The molecule has 0 aliphatic carbocycles. The Bertz CT molecular complexity index is 256. The van der Waals surface area contributed by atoms with Gasteiger partial charge in [-0.25, -0.2) is 0 Å². The van der Waals surface area contributed by atoms with Crippen LogP contribution in [0.1, 0.15) is 25.3 Å². The third-order valence-corrected chi connectivity index (χ3v) is 2.56. The second kappa shape index (κ2) is 8.25. The van der Waals surface area contributed by atoms with E-state index in [-0.39, 0.29) is 0 Å². The Balaban J connectivity index is 2.42. The van der Waals surface area contributed by atoms with Crippen LogP contribution in [0.2, 0.25) is 0 Å². The van der Waals surface area contributed by atoms with Crippen molar-refractivity contribution >= 4 is 0 Å². The fourth-order valence-electron chi connectivity index (χ4n) is 1.69. The van der Waals surface area contributed by atoms with E-state index >= 15 is 0 Å². The molecule has 3 heteroatoms. The van der Waals surface area contributed by atoms with Gasteiger partial charge < -0.3 is 10.1 Å². The van der Waals surface area contributed by atoms with Crippen LogP contribution in [0.3, 0.4) is 0 Å². The molecule has 0 saturated carbocycles. The van der Waals surface area contributed by atoms with Crippen molar-refractivity contribution in [3.8, 4) is 0 Å². The summed E-state index contributed by atoms with van der Waals surface area (Å²) in [7, 11) is 1.75. The molecule has 1 aromatic rings. The van der Waals surface area contributed by atoms with E-state index in [2.05, 4.69) is 23.3 Å². The van der Waals surface area contributed by atoms with E-state index in [1.54, 1.807) is 7.11 Å². The van der Waals surface area contributed by atoms with Crippen LogP contribution in [-0.4, -0.2) is 31.3 Å². The van der Waals surface area contributed by atoms with E-state index in [0.717, 1.165) is 32.4 Å². The summed E-state index contributed by atoms with van der Waals surface area (Å²) in [6.07, 6.45) is 6.99. The molecule has 90 valence electrons. The number of rotatable bonds is 8. The van der Waals surface area contributed by atoms with Gasteiger partial charge in [-0.2, -0.15) is 0 Å². The molecule has 0 fully saturated rings. The third-order valence-electron chi connectivity index (χ3n) is 2.56. The third kappa shape index (κ3) is 5.24. The Morgan fingerprint density at radius 1 is 1.50 bits per heavy atom. The lowest BCUT2D eigenvalue weighted by atomic mass is 10.1. The van der Waals surface area contributed by atoms with E-state index in [0.29, 0.717) is 6.04 Å². The Kier molecular flexibility index (Phi) is 6.77. The molecule has 1 atom stereocenters. The minimum absolute atomic E-state index is 0.490. The van der Waals surface area contributed by atoms with Gasteiger partial charge in [0, 0.05) is 32.2 Å². The molecular formula is C13H22N2O. The Morgan fingerprint density at radius 3 is 3.00 bits per heavy atom. The first-order valence-corrected chi connectivity index (χ1v) is 5.98. The average molecular weight is 222 g/mol. The quantitative estimate of drug-likeness (QED) is 0.731. The summed E-state index contributed by atoms with van der Waals surface area (Å²) in [5.41, 5.74) is 1.28. The molecule has 0 spiro atoms. The molecule has 1 aromatic heterocycles. The maximum absolute atomic E-state index is 5.13. The molecule has 0 bridgehead atoms. The number of hydrogen-bond acceptors (Lipinski definition) is 3. The van der Waals surface area contributed by atoms with Gasteiger partial charge in [-0.1, -0.05) is 13.0 Å². The molecule has 0 radical (unpaired) electrons. The van der Waals surface area contributed by atoms with Gasteiger partial charge in [-0.15, -0.1) is 0 Å². The fraction of sp³-hybridized carbons (Fsp3) is 0.615. The molecule has 1 rings (SSSR count). The number of nitrogens with one attached hydrogen (secondary N) is 1. The maximum Gasteiger partial charge on any atom is 0.0477 e. The zero-order valence-electron chi connectivity index (χ0n) is 10.3. The van der Waals surface area contributed by atoms with Crippen molar-refractivity contribution in [1.82, 2.24) is 10.3 Å². The monoisotopic (exact) mass is 222 g/mol. The van der Waals surface area contributed by atoms with Gasteiger partial charge in [0.2, 0.25) is 0 Å². The highest BCUT2D eigenvalue weighted by molar-refractivity contribution is 5.10. The predicted molar refractivity (Wildman–Crippen MR) is 66.5 cm³/mol. The van der Waals surface area contributed by atoms with Crippen molar-refractivity contribution in [2.75, 3.05) is 20.3 Å². The van der Waals surface area contributed by atoms with Crippen LogP contribution in [0.5, 0.6) is 0 Å². The summed E-state index contributed by atoms with van der Waals surface area (Å²) in [4.78, 5) is 4.14. The number of hydrogen-bond donors (Lipinski definition) is 1. The second-order valence-electron chi connectivity index (χ2n) is 4.00. The number of methoxy groups -OCH3 is 1. The van der Waals surface area contributed by atoms with Crippen molar-refractivity contribution in [1.29, 1.82) is 0 Å². The molecule has 3 nitrogen and oxygen atoms in total. The van der Waals surface area contributed by atoms with E-state index in [1.807, 2.05) is 18.5 Å². The molecule has 1 unspecified atom stereocenters. The normalized spacial score (nSPS) is 12.6. The van der Waals surface area contributed by atoms with Gasteiger partial charge in [-0.05, 0) is 37.4 Å². The first-order chi connectivity index (χ1) is 7.86. The van der Waals surface area contributed by atoms with Gasteiger partial charge in [0.1, 0.15) is 0 Å². The zero-order chi connectivity index (χ0) is 11.6. The summed E-state index contributed by atoms with van der Waals surface area (Å²) in [6.45, 7) is 4.06. The van der Waals surface area contributed by atoms with Crippen molar-refractivity contribution in [3.63, 3.8) is 0 Å². The summed E-state index contributed by atoms with van der Waals surface area (Å²) in [6, 6.07) is 4.60. The molecule has 0 amide bonds. The predicted octanol–water partition coefficient (Wildman–Crippen LogP) is 2.03. The van der Waals surface area contributed by atoms with Gasteiger partial charge in [-0.3, -0.25) is 4.98 Å². The van der Waals surface area contributed by atoms with Crippen LogP contribution in [0.15, 0.2) is 24.5 Å². The summed E-state index contributed by atoms with van der Waals surface area (Å²) < 4.78 is 5.13. The van der Waals surface area contributed by atoms with Gasteiger partial charge >= 0.3 is 0 Å². The van der Waals surface area contributed by atoms with Crippen molar-refractivity contribution < 1.29 is 4.74 Å². The summed E-state index contributed by atoms with van der Waals surface area (Å²) >= 11 is 0. The highest BCUT2D eigenvalue weighted by Crippen LogP contribution is 2.04. The largest absolute Gasteiger partial charge is 0.385 e. The summed E-state index contributed by atoms with van der Waals surface area (Å²) in [5, 5.41) is 3.54. The Hall–Kier alpha value is -0.930. The van der Waals surface area contributed by atoms with Gasteiger partial charge in [0.25, 0.3) is 0 Å². The topological polar surface area (TPSA) is 34.1 Å². The highest BCUT2D eigenvalue weighted by Gasteiger charge is 2.08. The van der Waals surface area contributed by atoms with Crippen LogP contribution in [0.4, 0.5) is 0 Å². The van der Waals surface area contributed by atoms with E-state index in [1.165, 1.54) is 5.56 Å². The smallest absolute Gasteiger partial charge is 0.0477 e. The van der Waals surface area contributed by atoms with Crippen LogP contribution in [0, 0.1) is 0 Å². The van der Waals surface area contributed by atoms with Crippen LogP contribution >= 0.6 is 0 Å². The standard InChI is InChI=1S/C13H22N2O/c1-3-7-15-13(6-9-16-2)10-12-5-4-8-14-11-12/h4-5,8,11,13,15H,3,6-7,9-10H2,1-2H3. The zero-order valence-corrected chi connectivity index (χ0v) is 10.3. The summed E-state index contributed by atoms with van der Waals surface area (Å²) in [5.74, 6) is 0. The van der Waals surface area contributed by atoms with Crippen LogP contribution in [0.25, 0.3) is 0 Å². The molecule has 16 heavy (non-hydrogen) atoms. The van der Waals surface area contributed by atoms with Crippen molar-refractivity contribution in [2.24, 2.45) is 0 Å². The number of aromatic nitrogens is 1. The lowest BCUT2D eigenvalue weighted by Crippen LogP contribution is -2.32. The number of pyridine rings is 1. The second-order valence-corrected chi connectivity index (χ2v) is 4.00. The number of ether oxygens (including phenoxy) is 1. The lowest BCUT2D eigenvalue weighted by molar-refractivity contribution is 0.182. The van der Waals surface area contributed by atoms with Gasteiger partial charge in [0.05, 0.1) is 0 Å². The molecular weight excluding hydrogens is 200 g/mol. The highest BCUT2D eigenvalue weighted by atomic mass is 16.5. The van der Waals surface area contributed by atoms with Crippen LogP contribution < -0.4 is 5.32 Å². The lowest BCUT2D eigenvalue weighted by Gasteiger charge is -2.17.